The van der Waals surface area contributed by atoms with Gasteiger partial charge in [0.15, 0.2) is 0 Å². The van der Waals surface area contributed by atoms with Gasteiger partial charge in [-0.2, -0.15) is 0 Å². The molecular formula is C22H41NO. The minimum atomic E-state index is 0.356. The molecule has 1 fully saturated rings. The van der Waals surface area contributed by atoms with Gasteiger partial charge in [-0.05, 0) is 63.8 Å². The quantitative estimate of drug-likeness (QED) is 0.432. The summed E-state index contributed by atoms with van der Waals surface area (Å²) in [6.07, 6.45) is 15.0. The van der Waals surface area contributed by atoms with Crippen LogP contribution >= 0.6 is 0 Å². The second kappa shape index (κ2) is 12.7. The minimum Gasteiger partial charge on any atom is -0.330 e. The zero-order valence-electron chi connectivity index (χ0n) is 16.5. The molecule has 2 N–H and O–H groups in total. The Labute approximate surface area is 150 Å². The second-order valence-electron chi connectivity index (χ2n) is 7.66. The number of allylic oxidation sites excluding steroid dienone is 2. The van der Waals surface area contributed by atoms with E-state index in [0.29, 0.717) is 24.2 Å². The molecule has 0 aliphatic heterocycles. The van der Waals surface area contributed by atoms with Crippen LogP contribution in [0.4, 0.5) is 0 Å². The summed E-state index contributed by atoms with van der Waals surface area (Å²) in [6, 6.07) is 0. The highest BCUT2D eigenvalue weighted by Crippen LogP contribution is 2.29. The van der Waals surface area contributed by atoms with Crippen LogP contribution in [-0.4, -0.2) is 12.3 Å². The predicted octanol–water partition coefficient (Wildman–Crippen LogP) is 6.19. The van der Waals surface area contributed by atoms with E-state index >= 15 is 0 Å². The largest absolute Gasteiger partial charge is 0.330 e. The van der Waals surface area contributed by atoms with Crippen molar-refractivity contribution < 1.29 is 4.79 Å². The average molecular weight is 336 g/mol. The lowest BCUT2D eigenvalue weighted by Gasteiger charge is -2.23. The first-order chi connectivity index (χ1) is 11.7. The molecule has 0 aromatic rings. The molecule has 1 rings (SSSR count). The van der Waals surface area contributed by atoms with Crippen molar-refractivity contribution in [1.82, 2.24) is 0 Å². The molecule has 0 aromatic carbocycles. The molecule has 2 heteroatoms. The van der Waals surface area contributed by atoms with Crippen LogP contribution in [0, 0.1) is 11.8 Å². The van der Waals surface area contributed by atoms with Crippen molar-refractivity contribution in [2.45, 2.75) is 104 Å². The third kappa shape index (κ3) is 7.51. The van der Waals surface area contributed by atoms with Crippen LogP contribution in [0.15, 0.2) is 11.1 Å². The van der Waals surface area contributed by atoms with Gasteiger partial charge in [0.2, 0.25) is 0 Å². The van der Waals surface area contributed by atoms with Crippen LogP contribution in [0.2, 0.25) is 0 Å². The van der Waals surface area contributed by atoms with E-state index in [-0.39, 0.29) is 0 Å². The summed E-state index contributed by atoms with van der Waals surface area (Å²) < 4.78 is 0. The molecule has 1 aliphatic carbocycles. The molecule has 0 spiro atoms. The zero-order valence-corrected chi connectivity index (χ0v) is 16.5. The van der Waals surface area contributed by atoms with E-state index < -0.39 is 0 Å². The van der Waals surface area contributed by atoms with E-state index in [1.165, 1.54) is 44.9 Å². The lowest BCUT2D eigenvalue weighted by molar-refractivity contribution is -0.124. The third-order valence-electron chi connectivity index (χ3n) is 5.91. The van der Waals surface area contributed by atoms with Gasteiger partial charge >= 0.3 is 0 Å². The molecular weight excluding hydrogens is 294 g/mol. The van der Waals surface area contributed by atoms with Gasteiger partial charge in [0.1, 0.15) is 5.78 Å². The fourth-order valence-electron chi connectivity index (χ4n) is 4.16. The minimum absolute atomic E-state index is 0.356. The van der Waals surface area contributed by atoms with Crippen LogP contribution in [-0.2, 0) is 4.79 Å². The number of carbonyl (C=O) groups is 1. The molecule has 1 saturated carbocycles. The molecule has 0 amide bonds. The molecule has 1 aliphatic rings. The molecule has 0 bridgehead atoms. The molecule has 0 saturated heterocycles. The smallest absolute Gasteiger partial charge is 0.135 e. The molecule has 0 radical (unpaired) electrons. The van der Waals surface area contributed by atoms with Gasteiger partial charge < -0.3 is 5.73 Å². The van der Waals surface area contributed by atoms with Crippen molar-refractivity contribution in [3.8, 4) is 0 Å². The van der Waals surface area contributed by atoms with E-state index in [1.807, 2.05) is 0 Å². The first kappa shape index (κ1) is 21.4. The molecule has 2 nitrogen and oxygen atoms in total. The number of unbranched alkanes of at least 4 members (excludes halogenated alkanes) is 1. The molecule has 1 atom stereocenters. The zero-order chi connectivity index (χ0) is 17.8. The van der Waals surface area contributed by atoms with E-state index in [9.17, 15) is 4.79 Å². The Hall–Kier alpha value is -0.630. The maximum Gasteiger partial charge on any atom is 0.135 e. The Kier molecular flexibility index (Phi) is 11.3. The SMILES string of the molecule is CCCC/C(CC)=C(\CC)CC(CN)CCC(=O)C1CCCCC1. The Morgan fingerprint density at radius 1 is 1.00 bits per heavy atom. The van der Waals surface area contributed by atoms with Crippen LogP contribution in [0.1, 0.15) is 104 Å². The van der Waals surface area contributed by atoms with E-state index in [2.05, 4.69) is 20.8 Å². The fraction of sp³-hybridized carbons (Fsp3) is 0.864. The maximum atomic E-state index is 12.5. The predicted molar refractivity (Wildman–Crippen MR) is 105 cm³/mol. The van der Waals surface area contributed by atoms with Crippen LogP contribution in [0.3, 0.4) is 0 Å². The van der Waals surface area contributed by atoms with Gasteiger partial charge in [-0.15, -0.1) is 0 Å². The van der Waals surface area contributed by atoms with Gasteiger partial charge in [0, 0.05) is 12.3 Å². The summed E-state index contributed by atoms with van der Waals surface area (Å²) in [7, 11) is 0. The summed E-state index contributed by atoms with van der Waals surface area (Å²) in [5.41, 5.74) is 9.31. The van der Waals surface area contributed by atoms with Crippen LogP contribution in [0.25, 0.3) is 0 Å². The number of ketones is 1. The summed E-state index contributed by atoms with van der Waals surface area (Å²) >= 11 is 0. The summed E-state index contributed by atoms with van der Waals surface area (Å²) in [5.74, 6) is 1.35. The van der Waals surface area contributed by atoms with Gasteiger partial charge in [-0.25, -0.2) is 0 Å². The Morgan fingerprint density at radius 3 is 2.21 bits per heavy atom. The Morgan fingerprint density at radius 2 is 1.67 bits per heavy atom. The van der Waals surface area contributed by atoms with Crippen molar-refractivity contribution in [3.05, 3.63) is 11.1 Å². The first-order valence-electron chi connectivity index (χ1n) is 10.6. The van der Waals surface area contributed by atoms with Crippen LogP contribution < -0.4 is 5.73 Å². The lowest BCUT2D eigenvalue weighted by Crippen LogP contribution is -2.21. The van der Waals surface area contributed by atoms with Gasteiger partial charge in [0.05, 0.1) is 0 Å². The summed E-state index contributed by atoms with van der Waals surface area (Å²) in [6.45, 7) is 7.53. The Bertz CT molecular complexity index is 379. The maximum absolute atomic E-state index is 12.5. The topological polar surface area (TPSA) is 43.1 Å². The number of nitrogens with two attached hydrogens (primary N) is 1. The fourth-order valence-corrected chi connectivity index (χ4v) is 4.16. The summed E-state index contributed by atoms with van der Waals surface area (Å²) in [4.78, 5) is 12.5. The van der Waals surface area contributed by atoms with Crippen LogP contribution in [0.5, 0.6) is 0 Å². The van der Waals surface area contributed by atoms with E-state index in [1.54, 1.807) is 11.1 Å². The number of Topliss-reactive ketones (excluding diaryl/α,β-unsaturated/α-hetero) is 1. The van der Waals surface area contributed by atoms with Crippen molar-refractivity contribution >= 4 is 5.78 Å². The highest BCUT2D eigenvalue weighted by molar-refractivity contribution is 5.81. The van der Waals surface area contributed by atoms with E-state index in [0.717, 1.165) is 38.5 Å². The second-order valence-corrected chi connectivity index (χ2v) is 7.66. The average Bonchev–Trinajstić information content (AvgIpc) is 2.64. The first-order valence-corrected chi connectivity index (χ1v) is 10.6. The lowest BCUT2D eigenvalue weighted by atomic mass is 9.82. The third-order valence-corrected chi connectivity index (χ3v) is 5.91. The molecule has 0 heterocycles. The van der Waals surface area contributed by atoms with Gasteiger partial charge in [-0.3, -0.25) is 4.79 Å². The van der Waals surface area contributed by atoms with Crippen molar-refractivity contribution in [1.29, 1.82) is 0 Å². The Balaban J connectivity index is 2.54. The highest BCUT2D eigenvalue weighted by atomic mass is 16.1. The standard InChI is InChI=1S/C22H41NO/c1-4-7-11-19(5-2)20(6-3)16-18(17-23)14-15-22(24)21-12-9-8-10-13-21/h18,21H,4-17,23H2,1-3H3/b20-19+. The molecule has 0 aromatic heterocycles. The highest BCUT2D eigenvalue weighted by Gasteiger charge is 2.22. The number of hydrogen-bond donors (Lipinski definition) is 1. The van der Waals surface area contributed by atoms with Gasteiger partial charge in [-0.1, -0.05) is 57.6 Å². The van der Waals surface area contributed by atoms with Crippen molar-refractivity contribution in [3.63, 3.8) is 0 Å². The van der Waals surface area contributed by atoms with Crippen molar-refractivity contribution in [2.75, 3.05) is 6.54 Å². The normalized spacial score (nSPS) is 18.3. The number of carbonyl (C=O) groups excluding carboxylic acids is 1. The van der Waals surface area contributed by atoms with Gasteiger partial charge in [0.25, 0.3) is 0 Å². The molecule has 1 unspecified atom stereocenters. The van der Waals surface area contributed by atoms with E-state index in [4.69, 9.17) is 5.73 Å². The number of rotatable bonds is 12. The summed E-state index contributed by atoms with van der Waals surface area (Å²) in [5, 5.41) is 0. The van der Waals surface area contributed by atoms with Crippen molar-refractivity contribution in [2.24, 2.45) is 17.6 Å². The molecule has 24 heavy (non-hydrogen) atoms. The monoisotopic (exact) mass is 335 g/mol. The number of hydrogen-bond acceptors (Lipinski definition) is 2. The molecule has 140 valence electrons.